The van der Waals surface area contributed by atoms with E-state index < -0.39 is 58.6 Å². The van der Waals surface area contributed by atoms with Crippen LogP contribution in [0.15, 0.2) is 10.8 Å². The summed E-state index contributed by atoms with van der Waals surface area (Å²) >= 11 is 8.84. The number of imide groups is 1. The van der Waals surface area contributed by atoms with Crippen molar-refractivity contribution in [3.8, 4) is 0 Å². The lowest BCUT2D eigenvalue weighted by Gasteiger charge is -2.29. The van der Waals surface area contributed by atoms with Crippen molar-refractivity contribution in [1.82, 2.24) is 34.9 Å². The maximum absolute atomic E-state index is 12.4. The van der Waals surface area contributed by atoms with Crippen molar-refractivity contribution in [2.75, 3.05) is 43.8 Å². The fraction of sp³-hybridized carbons (Fsp3) is 0.767. The molecule has 5 saturated heterocycles. The van der Waals surface area contributed by atoms with E-state index in [9.17, 15) is 38.4 Å². The zero-order valence-electron chi connectivity index (χ0n) is 53.4. The fourth-order valence-electron chi connectivity index (χ4n) is 11.5. The number of aromatic nitrogens is 2. The highest BCUT2D eigenvalue weighted by atomic mass is 35.5. The number of carbonyl (C=O) groups is 8. The number of hydrogen-bond acceptors (Lipinski definition) is 21. The van der Waals surface area contributed by atoms with E-state index in [4.69, 9.17) is 40.0 Å². The molecule has 23 nitrogen and oxygen atoms in total. The molecular formula is C60H93Cl2N9O14S2. The number of alkyl halides is 1. The fourth-order valence-corrected chi connectivity index (χ4v) is 13.2. The van der Waals surface area contributed by atoms with Gasteiger partial charge in [0.25, 0.3) is 0 Å². The van der Waals surface area contributed by atoms with Gasteiger partial charge in [-0.1, -0.05) is 0 Å². The zero-order valence-corrected chi connectivity index (χ0v) is 56.6. The Balaban J connectivity index is 0.000000174. The van der Waals surface area contributed by atoms with Crippen LogP contribution in [0.1, 0.15) is 185 Å². The van der Waals surface area contributed by atoms with Gasteiger partial charge in [0.2, 0.25) is 5.91 Å². The van der Waals surface area contributed by atoms with Crippen LogP contribution in [0.4, 0.5) is 29.4 Å². The molecule has 488 valence electrons. The van der Waals surface area contributed by atoms with E-state index in [0.29, 0.717) is 42.9 Å². The number of rotatable bonds is 10. The second-order valence-corrected chi connectivity index (χ2v) is 29.2. The number of amides is 5. The van der Waals surface area contributed by atoms with Crippen LogP contribution >= 0.6 is 46.7 Å². The van der Waals surface area contributed by atoms with Gasteiger partial charge in [0.1, 0.15) is 34.5 Å². The molecule has 0 radical (unpaired) electrons. The number of hydrogen-bond donors (Lipinski definition) is 3. The van der Waals surface area contributed by atoms with E-state index in [-0.39, 0.29) is 85.8 Å². The molecule has 0 bridgehead atoms. The summed E-state index contributed by atoms with van der Waals surface area (Å²) in [6.45, 7) is 25.8. The van der Waals surface area contributed by atoms with Crippen LogP contribution in [0, 0.1) is 23.7 Å². The lowest BCUT2D eigenvalue weighted by molar-refractivity contribution is -0.151. The number of Topliss-reactive ketones (excluding diaryl/α,β-unsaturated/α-hetero) is 1. The van der Waals surface area contributed by atoms with Crippen molar-refractivity contribution < 1.29 is 66.8 Å². The van der Waals surface area contributed by atoms with E-state index >= 15 is 0 Å². The first-order valence-electron chi connectivity index (χ1n) is 30.2. The SMILES string of the molecule is CC(C)(C)OC(=O)N1[C@@H](C(=O)CCl)C[C@H]2C[C@H]21.CCOC(=O)[C@H]1CCC(=O)N1C(=O)OC(C)(C)C.CCOC(=O)[C@H]1C[C@H]2C[C@H]2N1C(=O)OC(C)(C)C.CNc1nc([C@H]2C[C@H]3C[C@H]3N2)cs1.CNc1nc([C@H]2C[C@H]3C[C@H]3N2C(=O)OC(C)(C)C)cs1.Cl. The Morgan fingerprint density at radius 3 is 1.45 bits per heavy atom. The first kappa shape index (κ1) is 70.8. The number of esters is 2. The Morgan fingerprint density at radius 1 is 0.575 bits per heavy atom. The normalized spacial score (nSPS) is 28.2. The van der Waals surface area contributed by atoms with Crippen LogP contribution in [-0.4, -0.2) is 175 Å². The molecule has 11 rings (SSSR count). The molecule has 27 heteroatoms. The smallest absolute Gasteiger partial charge is 0.417 e. The van der Waals surface area contributed by atoms with Crippen LogP contribution in [0.25, 0.3) is 0 Å². The van der Waals surface area contributed by atoms with Gasteiger partial charge in [-0.15, -0.1) is 46.7 Å². The Bertz CT molecular complexity index is 2770. The van der Waals surface area contributed by atoms with Gasteiger partial charge in [0, 0.05) is 55.4 Å². The number of halogens is 2. The first-order valence-corrected chi connectivity index (χ1v) is 32.5. The third-order valence-electron chi connectivity index (χ3n) is 15.6. The molecule has 87 heavy (non-hydrogen) atoms. The van der Waals surface area contributed by atoms with Gasteiger partial charge in [-0.25, -0.2) is 43.6 Å². The van der Waals surface area contributed by atoms with Gasteiger partial charge in [0.05, 0.1) is 48.6 Å². The number of carbonyl (C=O) groups excluding carboxylic acids is 8. The maximum atomic E-state index is 12.4. The Labute approximate surface area is 531 Å². The molecule has 5 aliphatic heterocycles. The predicted octanol–water partition coefficient (Wildman–Crippen LogP) is 10.9. The van der Waals surface area contributed by atoms with Gasteiger partial charge < -0.3 is 44.4 Å². The number of likely N-dealkylation sites (tertiary alicyclic amines) is 4. The van der Waals surface area contributed by atoms with E-state index in [0.717, 1.165) is 64.9 Å². The minimum Gasteiger partial charge on any atom is -0.464 e. The number of piperidine rings is 4. The molecule has 4 saturated carbocycles. The highest BCUT2D eigenvalue weighted by Gasteiger charge is 2.59. The highest BCUT2D eigenvalue weighted by molar-refractivity contribution is 7.14. The predicted molar refractivity (Wildman–Crippen MR) is 332 cm³/mol. The molecule has 3 N–H and O–H groups in total. The monoisotopic (exact) mass is 1300 g/mol. The number of nitrogens with zero attached hydrogens (tertiary/aromatic N) is 6. The summed E-state index contributed by atoms with van der Waals surface area (Å²) in [5.41, 5.74) is -0.0209. The number of ether oxygens (including phenoxy) is 6. The standard InChI is InChI=1S/C14H21N3O2S.C13H21NO4.C12H18ClNO3.C12H19NO5.C9H13N3S.ClH/c1-14(2,3)19-13(18)17-10-5-8(10)6-11(17)9-7-20-12(15-4)16-9;1-5-17-11(15)10-7-8-6-9(8)14(10)12(16)18-13(2,3)4;1-12(2,3)17-11(16)14-8-4-7(8)5-9(14)10(15)6-13;1-5-17-10(15)8-6-7-9(14)13(8)11(16)18-12(2,3)4;1-10-9-12-8(4-13-9)7-3-5-2-6(5)11-7;/h7-8,10-11H,5-6H2,1-4H3,(H,15,16);8-10H,5-7H2,1-4H3;7-9H,4-6H2,1-3H3;8H,5-7H2,1-4H3;4-7,11H,2-3H2,1H3,(H,10,12);1H/t8-,10-,11-;8-,9-,10-;7-,8-,9-;8-;5-,6-,7-;/m11111./s1. The Kier molecular flexibility index (Phi) is 23.4. The third kappa shape index (κ3) is 19.1. The average molecular weight is 1300 g/mol. The number of anilines is 2. The molecule has 0 unspecified atom stereocenters. The zero-order chi connectivity index (χ0) is 63.5. The van der Waals surface area contributed by atoms with E-state index in [1.165, 1.54) is 18.5 Å². The van der Waals surface area contributed by atoms with Gasteiger partial charge in [0.15, 0.2) is 16.0 Å². The largest absolute Gasteiger partial charge is 0.464 e. The summed E-state index contributed by atoms with van der Waals surface area (Å²) in [5.74, 6) is 1.11. The topological polar surface area (TPSA) is 267 Å². The Hall–Kier alpha value is -5.24. The van der Waals surface area contributed by atoms with Gasteiger partial charge in [-0.05, 0) is 178 Å². The quantitative estimate of drug-likeness (QED) is 0.113. The van der Waals surface area contributed by atoms with Crippen LogP contribution in [0.5, 0.6) is 0 Å². The summed E-state index contributed by atoms with van der Waals surface area (Å²) in [5, 5.41) is 15.8. The van der Waals surface area contributed by atoms with Gasteiger partial charge in [-0.2, -0.15) is 0 Å². The molecule has 9 aliphatic rings. The molecule has 2 aromatic heterocycles. The molecule has 0 spiro atoms. The highest BCUT2D eigenvalue weighted by Crippen LogP contribution is 2.54. The summed E-state index contributed by atoms with van der Waals surface area (Å²) in [6.07, 6.45) is 6.90. The van der Waals surface area contributed by atoms with Crippen LogP contribution in [0.2, 0.25) is 0 Å². The van der Waals surface area contributed by atoms with Crippen molar-refractivity contribution >= 4 is 105 Å². The minimum atomic E-state index is -0.854. The third-order valence-corrected chi connectivity index (χ3v) is 17.6. The minimum absolute atomic E-state index is 0. The summed E-state index contributed by atoms with van der Waals surface area (Å²) in [7, 11) is 3.78. The number of thiazole rings is 2. The lowest BCUT2D eigenvalue weighted by Crippen LogP contribution is -2.46. The van der Waals surface area contributed by atoms with Crippen LogP contribution in [0.3, 0.4) is 0 Å². The van der Waals surface area contributed by atoms with E-state index in [1.807, 2.05) is 86.7 Å². The number of ketones is 1. The van der Waals surface area contributed by atoms with E-state index in [1.54, 1.807) is 67.1 Å². The summed E-state index contributed by atoms with van der Waals surface area (Å²) in [4.78, 5) is 110. The van der Waals surface area contributed by atoms with Crippen molar-refractivity contribution in [3.63, 3.8) is 0 Å². The molecule has 13 atom stereocenters. The van der Waals surface area contributed by atoms with Crippen LogP contribution < -0.4 is 16.0 Å². The summed E-state index contributed by atoms with van der Waals surface area (Å²) in [6, 6.07) is 0.464. The van der Waals surface area contributed by atoms with Gasteiger partial charge >= 0.3 is 36.3 Å². The van der Waals surface area contributed by atoms with E-state index in [2.05, 4.69) is 31.3 Å². The van der Waals surface area contributed by atoms with Crippen molar-refractivity contribution in [2.45, 2.75) is 238 Å². The average Bonchev–Trinajstić information content (AvgIpc) is 1.67. The van der Waals surface area contributed by atoms with Crippen molar-refractivity contribution in [1.29, 1.82) is 0 Å². The molecule has 9 fully saturated rings. The second-order valence-electron chi connectivity index (χ2n) is 27.2. The molecule has 2 aromatic rings. The maximum Gasteiger partial charge on any atom is 0.417 e. The van der Waals surface area contributed by atoms with Gasteiger partial charge in [-0.3, -0.25) is 24.3 Å². The van der Waals surface area contributed by atoms with Crippen molar-refractivity contribution in [3.05, 3.63) is 22.1 Å². The first-order chi connectivity index (χ1) is 40.2. The molecule has 0 aromatic carbocycles. The summed E-state index contributed by atoms with van der Waals surface area (Å²) < 4.78 is 31.2. The molecule has 5 amide bonds. The number of fused-ring (bicyclic) bond motifs is 4. The van der Waals surface area contributed by atoms with Crippen LogP contribution in [-0.2, 0) is 47.6 Å². The molecule has 7 heterocycles. The number of nitrogens with one attached hydrogen (secondary N) is 3. The lowest BCUT2D eigenvalue weighted by atomic mass is 10.1. The second kappa shape index (κ2) is 28.7. The molecular weight excluding hydrogens is 1210 g/mol. The molecule has 4 aliphatic carbocycles. The Morgan fingerprint density at radius 2 is 1.00 bits per heavy atom. The van der Waals surface area contributed by atoms with Crippen molar-refractivity contribution in [2.24, 2.45) is 23.7 Å².